The minimum absolute atomic E-state index is 0.188. The fourth-order valence-electron chi connectivity index (χ4n) is 5.73. The van der Waals surface area contributed by atoms with Gasteiger partial charge in [0.25, 0.3) is 0 Å². The summed E-state index contributed by atoms with van der Waals surface area (Å²) in [6.07, 6.45) is 4.22. The normalized spacial score (nSPS) is 12.0. The van der Waals surface area contributed by atoms with Crippen molar-refractivity contribution in [1.29, 1.82) is 0 Å². The lowest BCUT2D eigenvalue weighted by Crippen LogP contribution is -2.34. The molecule has 0 amide bonds. The van der Waals surface area contributed by atoms with Crippen molar-refractivity contribution >= 4 is 59.8 Å². The van der Waals surface area contributed by atoms with Gasteiger partial charge in [-0.05, 0) is 52.6 Å². The Morgan fingerprint density at radius 3 is 1.67 bits per heavy atom. The number of fused-ring (bicyclic) bond motifs is 2. The van der Waals surface area contributed by atoms with E-state index in [0.29, 0.717) is 5.39 Å². The Labute approximate surface area is 206 Å². The maximum atomic E-state index is 14.9. The zero-order valence-corrected chi connectivity index (χ0v) is 19.3. The van der Waals surface area contributed by atoms with Gasteiger partial charge in [0.2, 0.25) is 0 Å². The average Bonchev–Trinajstić information content (AvgIpc) is 3.54. The van der Waals surface area contributed by atoms with Crippen LogP contribution in [0.25, 0.3) is 54.1 Å². The predicted octanol–water partition coefficient (Wildman–Crippen LogP) is 8.37. The van der Waals surface area contributed by atoms with E-state index in [9.17, 15) is 4.39 Å². The van der Waals surface area contributed by atoms with Gasteiger partial charge in [-0.25, -0.2) is 13.7 Å². The van der Waals surface area contributed by atoms with Crippen molar-refractivity contribution < 1.29 is 4.39 Å². The van der Waals surface area contributed by atoms with E-state index in [4.69, 9.17) is 0 Å². The number of nitrogens with zero attached hydrogens (tertiary/aromatic N) is 3. The molecule has 6 aromatic carbocycles. The molecule has 0 radical (unpaired) electrons. The Morgan fingerprint density at radius 2 is 1.00 bits per heavy atom. The van der Waals surface area contributed by atoms with Crippen molar-refractivity contribution in [1.82, 2.24) is 9.35 Å². The lowest BCUT2D eigenvalue weighted by atomic mass is 9.93. The third kappa shape index (κ3) is 2.56. The summed E-state index contributed by atoms with van der Waals surface area (Å²) < 4.78 is 19.2. The molecule has 0 spiro atoms. The molecule has 0 N–H and O–H groups in total. The molecule has 36 heavy (non-hydrogen) atoms. The molecule has 0 saturated carbocycles. The van der Waals surface area contributed by atoms with E-state index < -0.39 is 0 Å². The Balaban J connectivity index is 1.52. The van der Waals surface area contributed by atoms with Gasteiger partial charge in [0, 0.05) is 39.3 Å². The van der Waals surface area contributed by atoms with E-state index in [-0.39, 0.29) is 5.82 Å². The van der Waals surface area contributed by atoms with Crippen molar-refractivity contribution in [2.24, 2.45) is 0 Å². The van der Waals surface area contributed by atoms with Crippen molar-refractivity contribution in [2.75, 3.05) is 5.12 Å². The summed E-state index contributed by atoms with van der Waals surface area (Å²) in [5.74, 6) is -0.188. The highest BCUT2D eigenvalue weighted by Gasteiger charge is 2.20. The van der Waals surface area contributed by atoms with Crippen LogP contribution in [-0.4, -0.2) is 9.35 Å². The molecule has 2 heterocycles. The molecule has 0 bridgehead atoms. The van der Waals surface area contributed by atoms with E-state index in [1.807, 2.05) is 18.2 Å². The smallest absolute Gasteiger partial charge is 0.131 e. The molecule has 3 nitrogen and oxygen atoms in total. The Morgan fingerprint density at radius 1 is 0.472 bits per heavy atom. The van der Waals surface area contributed by atoms with Crippen molar-refractivity contribution in [3.8, 4) is 0 Å². The molecule has 0 unspecified atom stereocenters. The molecule has 0 aliphatic rings. The summed E-state index contributed by atoms with van der Waals surface area (Å²) in [4.78, 5) is 0. The molecule has 0 aliphatic heterocycles. The molecule has 0 fully saturated rings. The van der Waals surface area contributed by atoms with Crippen LogP contribution in [0.2, 0.25) is 0 Å². The monoisotopic (exact) mass is 465 g/mol. The first-order valence-corrected chi connectivity index (χ1v) is 12.1. The first-order valence-electron chi connectivity index (χ1n) is 12.1. The second kappa shape index (κ2) is 7.09. The number of anilines is 1. The molecule has 0 aliphatic carbocycles. The summed E-state index contributed by atoms with van der Waals surface area (Å²) in [6.45, 7) is 0. The van der Waals surface area contributed by atoms with Gasteiger partial charge < -0.3 is 0 Å². The van der Waals surface area contributed by atoms with Crippen LogP contribution in [0.1, 0.15) is 0 Å². The Hall–Kier alpha value is -4.83. The number of aromatic nitrogens is 2. The lowest BCUT2D eigenvalue weighted by molar-refractivity contribution is 0.640. The third-order valence-corrected chi connectivity index (χ3v) is 7.37. The zero-order valence-electron chi connectivity index (χ0n) is 19.3. The van der Waals surface area contributed by atoms with Gasteiger partial charge in [0.1, 0.15) is 5.82 Å². The summed E-state index contributed by atoms with van der Waals surface area (Å²) in [7, 11) is 0. The maximum Gasteiger partial charge on any atom is 0.131 e. The molecular weight excluding hydrogens is 445 g/mol. The van der Waals surface area contributed by atoms with Gasteiger partial charge in [0.05, 0.1) is 16.7 Å². The first-order chi connectivity index (χ1) is 17.8. The number of hydrogen-bond acceptors (Lipinski definition) is 1. The van der Waals surface area contributed by atoms with E-state index in [2.05, 4.69) is 112 Å². The van der Waals surface area contributed by atoms with Gasteiger partial charge in [-0.1, -0.05) is 72.8 Å². The maximum absolute atomic E-state index is 14.9. The fraction of sp³-hybridized carbons (Fsp3) is 0. The number of hydrogen-bond donors (Lipinski definition) is 0. The van der Waals surface area contributed by atoms with Gasteiger partial charge in [0.15, 0.2) is 0 Å². The number of halogens is 1. The highest BCUT2D eigenvalue weighted by atomic mass is 19.1. The molecule has 2 aromatic heterocycles. The molecule has 8 rings (SSSR count). The first kappa shape index (κ1) is 19.5. The second-order valence-electron chi connectivity index (χ2n) is 9.28. The summed E-state index contributed by atoms with van der Waals surface area (Å²) in [5, 5.41) is 10.5. The van der Waals surface area contributed by atoms with Crippen molar-refractivity contribution in [3.63, 3.8) is 0 Å². The number of para-hydroxylation sites is 2. The van der Waals surface area contributed by atoms with E-state index in [1.54, 1.807) is 6.07 Å². The summed E-state index contributed by atoms with van der Waals surface area (Å²) in [5.41, 5.74) is 3.22. The van der Waals surface area contributed by atoms with Crippen molar-refractivity contribution in [2.45, 2.75) is 0 Å². The second-order valence-corrected chi connectivity index (χ2v) is 9.28. The average molecular weight is 466 g/mol. The van der Waals surface area contributed by atoms with Gasteiger partial charge in [-0.15, -0.1) is 0 Å². The largest absolute Gasteiger partial charge is 0.241 e. The van der Waals surface area contributed by atoms with Crippen LogP contribution in [-0.2, 0) is 0 Å². The number of rotatable bonds is 3. The van der Waals surface area contributed by atoms with Crippen LogP contribution in [0.4, 0.5) is 10.1 Å². The van der Waals surface area contributed by atoms with E-state index in [0.717, 1.165) is 43.7 Å². The van der Waals surface area contributed by atoms with Crippen LogP contribution in [0, 0.1) is 5.82 Å². The molecular formula is C32H20FN3. The number of benzene rings is 6. The molecule has 4 heteroatoms. The minimum atomic E-state index is -0.188. The van der Waals surface area contributed by atoms with Crippen LogP contribution in [0.15, 0.2) is 122 Å². The van der Waals surface area contributed by atoms with E-state index in [1.165, 1.54) is 10.8 Å². The molecule has 8 aromatic rings. The van der Waals surface area contributed by atoms with Crippen molar-refractivity contribution in [3.05, 3.63) is 127 Å². The van der Waals surface area contributed by atoms with Crippen LogP contribution < -0.4 is 5.12 Å². The molecule has 0 saturated heterocycles. The van der Waals surface area contributed by atoms with Gasteiger partial charge >= 0.3 is 0 Å². The Kier molecular flexibility index (Phi) is 3.84. The highest BCUT2D eigenvalue weighted by molar-refractivity contribution is 6.25. The van der Waals surface area contributed by atoms with Gasteiger partial charge in [-0.3, -0.25) is 0 Å². The fourth-order valence-corrected chi connectivity index (χ4v) is 5.73. The SMILES string of the molecule is Fc1ccc2ccc3c(N(n4ccc5ccccc54)n4ccc5ccccc54)ccc4ccc1c2c43. The predicted molar refractivity (Wildman–Crippen MR) is 147 cm³/mol. The third-order valence-electron chi connectivity index (χ3n) is 7.37. The van der Waals surface area contributed by atoms with Crippen LogP contribution in [0.5, 0.6) is 0 Å². The topological polar surface area (TPSA) is 13.1 Å². The van der Waals surface area contributed by atoms with E-state index >= 15 is 0 Å². The summed E-state index contributed by atoms with van der Waals surface area (Å²) in [6, 6.07) is 37.0. The molecule has 170 valence electrons. The standard InChI is InChI=1S/C32H20FN3/c33-27-15-11-23-10-14-26-30(16-12-24-9-13-25(27)31(23)32(24)26)36(34-19-17-21-5-1-3-7-28(21)34)35-20-18-22-6-2-4-8-29(22)35/h1-20H. The molecule has 0 atom stereocenters. The van der Waals surface area contributed by atoms with Crippen LogP contribution in [0.3, 0.4) is 0 Å². The Bertz CT molecular complexity index is 2010. The highest BCUT2D eigenvalue weighted by Crippen LogP contribution is 2.40. The summed E-state index contributed by atoms with van der Waals surface area (Å²) >= 11 is 0. The zero-order chi connectivity index (χ0) is 23.8. The minimum Gasteiger partial charge on any atom is -0.241 e. The quantitative estimate of drug-likeness (QED) is 0.239. The lowest BCUT2D eigenvalue weighted by Gasteiger charge is -2.30. The van der Waals surface area contributed by atoms with Crippen LogP contribution >= 0.6 is 0 Å². The van der Waals surface area contributed by atoms with Gasteiger partial charge in [-0.2, -0.15) is 5.12 Å².